The molecule has 0 atom stereocenters. The molecule has 0 aliphatic heterocycles. The molecule has 2 N–H and O–H groups in total. The quantitative estimate of drug-likeness (QED) is 0.478. The van der Waals surface area contributed by atoms with Crippen LogP contribution in [-0.4, -0.2) is 28.0 Å². The summed E-state index contributed by atoms with van der Waals surface area (Å²) in [4.78, 5) is 17.9. The topological polar surface area (TPSA) is 93.0 Å². The van der Waals surface area contributed by atoms with Gasteiger partial charge in [0.25, 0.3) is 0 Å². The van der Waals surface area contributed by atoms with Crippen LogP contribution in [0, 0.1) is 10.1 Å². The summed E-state index contributed by atoms with van der Waals surface area (Å²) in [6.45, 7) is 3.69. The van der Waals surface area contributed by atoms with Crippen molar-refractivity contribution in [3.63, 3.8) is 0 Å². The predicted octanol–water partition coefficient (Wildman–Crippen LogP) is 1.90. The Hall–Kier alpha value is -1.63. The second-order valence-corrected chi connectivity index (χ2v) is 3.68. The maximum Gasteiger partial charge on any atom is 0.353 e. The van der Waals surface area contributed by atoms with Gasteiger partial charge in [-0.2, -0.15) is 9.97 Å². The highest BCUT2D eigenvalue weighted by Gasteiger charge is 2.24. The van der Waals surface area contributed by atoms with E-state index >= 15 is 0 Å². The van der Waals surface area contributed by atoms with E-state index in [1.165, 1.54) is 7.05 Å². The highest BCUT2D eigenvalue weighted by atomic mass is 35.5. The van der Waals surface area contributed by atoms with E-state index in [1.54, 1.807) is 0 Å². The Bertz CT molecular complexity index is 410. The molecule has 1 aromatic heterocycles. The minimum atomic E-state index is -0.549. The fourth-order valence-electron chi connectivity index (χ4n) is 1.15. The third kappa shape index (κ3) is 2.69. The van der Waals surface area contributed by atoms with Crippen molar-refractivity contribution in [3.05, 3.63) is 15.4 Å². The number of nitro groups is 1. The number of halogens is 1. The first-order valence-corrected chi connectivity index (χ1v) is 4.99. The molecule has 88 valence electrons. The number of rotatable bonds is 4. The van der Waals surface area contributed by atoms with Gasteiger partial charge in [0.15, 0.2) is 0 Å². The Morgan fingerprint density at radius 2 is 1.94 bits per heavy atom. The second-order valence-electron chi connectivity index (χ2n) is 3.34. The highest BCUT2D eigenvalue weighted by molar-refractivity contribution is 6.28. The maximum atomic E-state index is 10.9. The summed E-state index contributed by atoms with van der Waals surface area (Å²) in [6, 6.07) is 0.00868. The van der Waals surface area contributed by atoms with E-state index in [9.17, 15) is 10.1 Å². The van der Waals surface area contributed by atoms with Crippen LogP contribution in [0.4, 0.5) is 17.3 Å². The summed E-state index contributed by atoms with van der Waals surface area (Å²) >= 11 is 5.66. The molecule has 1 heterocycles. The Labute approximate surface area is 97.4 Å². The van der Waals surface area contributed by atoms with Crippen LogP contribution in [-0.2, 0) is 0 Å². The van der Waals surface area contributed by atoms with Crippen LogP contribution < -0.4 is 10.6 Å². The molecule has 0 spiro atoms. The smallest absolute Gasteiger partial charge is 0.353 e. The molecule has 0 radical (unpaired) electrons. The van der Waals surface area contributed by atoms with Crippen molar-refractivity contribution >= 4 is 28.9 Å². The van der Waals surface area contributed by atoms with Gasteiger partial charge < -0.3 is 10.6 Å². The lowest BCUT2D eigenvalue weighted by Crippen LogP contribution is -2.14. The van der Waals surface area contributed by atoms with Crippen LogP contribution in [0.1, 0.15) is 13.8 Å². The summed E-state index contributed by atoms with van der Waals surface area (Å²) < 4.78 is 0. The van der Waals surface area contributed by atoms with Crippen molar-refractivity contribution in [1.82, 2.24) is 9.97 Å². The first kappa shape index (κ1) is 12.4. The normalized spacial score (nSPS) is 10.3. The summed E-state index contributed by atoms with van der Waals surface area (Å²) in [6.07, 6.45) is 0. The molecule has 0 amide bonds. The molecule has 0 bridgehead atoms. The van der Waals surface area contributed by atoms with E-state index < -0.39 is 4.92 Å². The summed E-state index contributed by atoms with van der Waals surface area (Å²) in [5.74, 6) is 0.206. The van der Waals surface area contributed by atoms with Crippen molar-refractivity contribution in [2.45, 2.75) is 19.9 Å². The lowest BCUT2D eigenvalue weighted by Gasteiger charge is -2.11. The van der Waals surface area contributed by atoms with E-state index in [0.717, 1.165) is 0 Å². The molecule has 8 heteroatoms. The number of aromatic nitrogens is 2. The Kier molecular flexibility index (Phi) is 3.83. The van der Waals surface area contributed by atoms with Gasteiger partial charge in [0.2, 0.25) is 16.9 Å². The lowest BCUT2D eigenvalue weighted by molar-refractivity contribution is -0.383. The Balaban J connectivity index is 3.32. The molecule has 1 aromatic rings. The first-order chi connectivity index (χ1) is 7.45. The zero-order chi connectivity index (χ0) is 12.3. The standard InChI is InChI=1S/C8H12ClN5O2/c1-4(2)11-7-5(14(15)16)6(10-3)12-8(9)13-7/h4H,1-3H3,(H2,10,11,12,13). The average Bonchev–Trinajstić information content (AvgIpc) is 2.14. The van der Waals surface area contributed by atoms with Gasteiger partial charge in [0.05, 0.1) is 4.92 Å². The van der Waals surface area contributed by atoms with E-state index in [4.69, 9.17) is 11.6 Å². The van der Waals surface area contributed by atoms with Gasteiger partial charge in [-0.25, -0.2) is 0 Å². The SMILES string of the molecule is CNc1nc(Cl)nc(NC(C)C)c1[N+](=O)[O-]. The number of anilines is 2. The molecule has 1 rings (SSSR count). The van der Waals surface area contributed by atoms with Crippen molar-refractivity contribution < 1.29 is 4.92 Å². The molecular weight excluding hydrogens is 234 g/mol. The van der Waals surface area contributed by atoms with Crippen LogP contribution in [0.3, 0.4) is 0 Å². The lowest BCUT2D eigenvalue weighted by atomic mass is 10.3. The summed E-state index contributed by atoms with van der Waals surface area (Å²) in [5, 5.41) is 16.3. The molecule has 0 unspecified atom stereocenters. The molecule has 16 heavy (non-hydrogen) atoms. The number of hydrogen-bond acceptors (Lipinski definition) is 6. The van der Waals surface area contributed by atoms with Crippen molar-refractivity contribution in [3.8, 4) is 0 Å². The second kappa shape index (κ2) is 4.93. The van der Waals surface area contributed by atoms with Gasteiger partial charge in [-0.1, -0.05) is 0 Å². The molecule has 0 saturated carbocycles. The predicted molar refractivity (Wildman–Crippen MR) is 62.0 cm³/mol. The average molecular weight is 246 g/mol. The van der Waals surface area contributed by atoms with Crippen LogP contribution in [0.2, 0.25) is 5.28 Å². The third-order valence-corrected chi connectivity index (χ3v) is 1.87. The van der Waals surface area contributed by atoms with Crippen molar-refractivity contribution in [2.75, 3.05) is 17.7 Å². The Morgan fingerprint density at radius 3 is 2.38 bits per heavy atom. The minimum absolute atomic E-state index is 0.00868. The van der Waals surface area contributed by atoms with Gasteiger partial charge in [-0.15, -0.1) is 0 Å². The molecule has 0 aliphatic carbocycles. The summed E-state index contributed by atoms with van der Waals surface area (Å²) in [7, 11) is 1.53. The van der Waals surface area contributed by atoms with Crippen LogP contribution in [0.5, 0.6) is 0 Å². The molecule has 7 nitrogen and oxygen atoms in total. The van der Waals surface area contributed by atoms with Gasteiger partial charge in [-0.05, 0) is 25.4 Å². The van der Waals surface area contributed by atoms with E-state index in [1.807, 2.05) is 13.8 Å². The zero-order valence-electron chi connectivity index (χ0n) is 9.11. The fraction of sp³-hybridized carbons (Fsp3) is 0.500. The maximum absolute atomic E-state index is 10.9. The molecule has 0 fully saturated rings. The summed E-state index contributed by atoms with van der Waals surface area (Å²) in [5.41, 5.74) is -0.208. The van der Waals surface area contributed by atoms with Gasteiger partial charge >= 0.3 is 5.69 Å². The fourth-order valence-corrected chi connectivity index (χ4v) is 1.32. The van der Waals surface area contributed by atoms with Crippen LogP contribution in [0.15, 0.2) is 0 Å². The van der Waals surface area contributed by atoms with Gasteiger partial charge in [-0.3, -0.25) is 10.1 Å². The Morgan fingerprint density at radius 1 is 1.38 bits per heavy atom. The zero-order valence-corrected chi connectivity index (χ0v) is 9.87. The molecule has 0 aliphatic rings. The van der Waals surface area contributed by atoms with E-state index in [2.05, 4.69) is 20.6 Å². The van der Waals surface area contributed by atoms with E-state index in [0.29, 0.717) is 0 Å². The van der Waals surface area contributed by atoms with Crippen molar-refractivity contribution in [2.24, 2.45) is 0 Å². The largest absolute Gasteiger partial charge is 0.367 e. The molecular formula is C8H12ClN5O2. The van der Waals surface area contributed by atoms with Gasteiger partial charge in [0, 0.05) is 13.1 Å². The number of hydrogen-bond donors (Lipinski definition) is 2. The molecule has 0 saturated heterocycles. The number of nitrogens with zero attached hydrogens (tertiary/aromatic N) is 3. The van der Waals surface area contributed by atoms with Crippen molar-refractivity contribution in [1.29, 1.82) is 0 Å². The van der Waals surface area contributed by atoms with Crippen LogP contribution >= 0.6 is 11.6 Å². The van der Waals surface area contributed by atoms with Gasteiger partial charge in [0.1, 0.15) is 0 Å². The number of nitrogens with one attached hydrogen (secondary N) is 2. The first-order valence-electron chi connectivity index (χ1n) is 4.62. The highest BCUT2D eigenvalue weighted by Crippen LogP contribution is 2.30. The van der Waals surface area contributed by atoms with Crippen LogP contribution in [0.25, 0.3) is 0 Å². The molecule has 0 aromatic carbocycles. The van der Waals surface area contributed by atoms with E-state index in [-0.39, 0.29) is 28.6 Å². The monoisotopic (exact) mass is 245 g/mol. The third-order valence-electron chi connectivity index (χ3n) is 1.70. The minimum Gasteiger partial charge on any atom is -0.367 e.